The fourth-order valence-corrected chi connectivity index (χ4v) is 3.04. The molecule has 0 spiro atoms. The molecule has 2 heterocycles. The van der Waals surface area contributed by atoms with Gasteiger partial charge in [-0.05, 0) is 26.0 Å². The van der Waals surface area contributed by atoms with Crippen LogP contribution in [0, 0.1) is 6.92 Å². The van der Waals surface area contributed by atoms with Crippen LogP contribution in [0.3, 0.4) is 0 Å². The molecule has 6 heteroatoms. The van der Waals surface area contributed by atoms with Gasteiger partial charge in [-0.15, -0.1) is 0 Å². The maximum Gasteiger partial charge on any atom is 0.273 e. The van der Waals surface area contributed by atoms with Gasteiger partial charge in [0.1, 0.15) is 11.5 Å². The van der Waals surface area contributed by atoms with Crippen molar-refractivity contribution in [3.05, 3.63) is 53.1 Å². The van der Waals surface area contributed by atoms with Crippen LogP contribution in [0.15, 0.2) is 30.5 Å². The molecule has 1 atom stereocenters. The largest absolute Gasteiger partial charge is 0.343 e. The summed E-state index contributed by atoms with van der Waals surface area (Å²) in [5, 5.41) is 0. The van der Waals surface area contributed by atoms with Crippen molar-refractivity contribution in [3.63, 3.8) is 0 Å². The minimum absolute atomic E-state index is 0.000867. The molecule has 0 unspecified atom stereocenters. The highest BCUT2D eigenvalue weighted by atomic mass is 16.2. The van der Waals surface area contributed by atoms with Crippen molar-refractivity contribution in [1.29, 1.82) is 0 Å². The number of aromatic nitrogens is 2. The highest BCUT2D eigenvalue weighted by Gasteiger charge is 2.31. The van der Waals surface area contributed by atoms with Crippen LogP contribution in [0.1, 0.15) is 45.2 Å². The number of rotatable bonds is 2. The molecule has 1 aliphatic rings. The summed E-state index contributed by atoms with van der Waals surface area (Å²) in [6, 6.07) is 7.44. The van der Waals surface area contributed by atoms with Gasteiger partial charge in [-0.2, -0.15) is 0 Å². The fourth-order valence-electron chi connectivity index (χ4n) is 3.04. The number of amides is 2. The molecule has 0 radical (unpaired) electrons. The zero-order chi connectivity index (χ0) is 17.4. The first-order valence-electron chi connectivity index (χ1n) is 8.05. The van der Waals surface area contributed by atoms with Gasteiger partial charge in [0.25, 0.3) is 11.8 Å². The predicted octanol–water partition coefficient (Wildman–Crippen LogP) is 2.11. The number of carbonyl (C=O) groups excluding carboxylic acids is 2. The van der Waals surface area contributed by atoms with Crippen LogP contribution >= 0.6 is 0 Å². The summed E-state index contributed by atoms with van der Waals surface area (Å²) >= 11 is 0. The molecule has 2 amide bonds. The Bertz CT molecular complexity index is 794. The molecule has 3 rings (SSSR count). The molecular formula is C18H22N4O2. The fraction of sp³-hybridized carbons (Fsp3) is 0.389. The minimum atomic E-state index is -0.171. The Kier molecular flexibility index (Phi) is 4.13. The number of fused-ring (bicyclic) bond motifs is 1. The Morgan fingerprint density at radius 1 is 1.25 bits per heavy atom. The van der Waals surface area contributed by atoms with Gasteiger partial charge in [-0.1, -0.05) is 17.7 Å². The maximum atomic E-state index is 12.8. The van der Waals surface area contributed by atoms with Crippen molar-refractivity contribution in [2.24, 2.45) is 0 Å². The van der Waals surface area contributed by atoms with Crippen molar-refractivity contribution in [2.45, 2.75) is 26.4 Å². The Labute approximate surface area is 141 Å². The quantitative estimate of drug-likeness (QED) is 0.849. The standard InChI is InChI=1S/C18H22N4O2/c1-12-6-5-7-14(10-12)17(23)22-9-8-21-11-15(18(24)20(3)4)19-16(21)13(22)2/h5-7,10-11,13H,8-9H2,1-4H3/t13-/m1/s1. The highest BCUT2D eigenvalue weighted by molar-refractivity contribution is 5.95. The van der Waals surface area contributed by atoms with E-state index in [2.05, 4.69) is 4.98 Å². The van der Waals surface area contributed by atoms with Crippen molar-refractivity contribution >= 4 is 11.8 Å². The maximum absolute atomic E-state index is 12.8. The van der Waals surface area contributed by atoms with Crippen LogP contribution in [0.2, 0.25) is 0 Å². The van der Waals surface area contributed by atoms with Crippen LogP contribution in [0.4, 0.5) is 0 Å². The van der Waals surface area contributed by atoms with E-state index in [9.17, 15) is 9.59 Å². The summed E-state index contributed by atoms with van der Waals surface area (Å²) in [7, 11) is 3.41. The lowest BCUT2D eigenvalue weighted by Gasteiger charge is -2.33. The molecule has 2 aromatic rings. The van der Waals surface area contributed by atoms with E-state index in [1.807, 2.05) is 47.6 Å². The topological polar surface area (TPSA) is 58.4 Å². The molecule has 1 aliphatic heterocycles. The van der Waals surface area contributed by atoms with E-state index in [4.69, 9.17) is 0 Å². The average molecular weight is 326 g/mol. The van der Waals surface area contributed by atoms with Crippen molar-refractivity contribution in [3.8, 4) is 0 Å². The number of hydrogen-bond acceptors (Lipinski definition) is 3. The summed E-state index contributed by atoms with van der Waals surface area (Å²) in [4.78, 5) is 32.8. The molecule has 1 aromatic heterocycles. The third-order valence-electron chi connectivity index (χ3n) is 4.38. The first-order chi connectivity index (χ1) is 11.4. The Balaban J connectivity index is 1.88. The van der Waals surface area contributed by atoms with Gasteiger partial charge >= 0.3 is 0 Å². The highest BCUT2D eigenvalue weighted by Crippen LogP contribution is 2.26. The zero-order valence-corrected chi connectivity index (χ0v) is 14.5. The van der Waals surface area contributed by atoms with Gasteiger partial charge < -0.3 is 14.4 Å². The van der Waals surface area contributed by atoms with E-state index in [1.165, 1.54) is 4.90 Å². The van der Waals surface area contributed by atoms with Crippen LogP contribution in [-0.2, 0) is 6.54 Å². The van der Waals surface area contributed by atoms with E-state index in [-0.39, 0.29) is 17.9 Å². The number of aryl methyl sites for hydroxylation is 1. The van der Waals surface area contributed by atoms with E-state index in [1.54, 1.807) is 20.3 Å². The molecule has 1 aromatic carbocycles. The van der Waals surface area contributed by atoms with Gasteiger partial charge in [-0.3, -0.25) is 9.59 Å². The summed E-state index contributed by atoms with van der Waals surface area (Å²) in [5.41, 5.74) is 2.17. The van der Waals surface area contributed by atoms with E-state index >= 15 is 0 Å². The van der Waals surface area contributed by atoms with Crippen LogP contribution in [-0.4, -0.2) is 51.8 Å². The van der Waals surface area contributed by atoms with Gasteiger partial charge in [0.15, 0.2) is 0 Å². The predicted molar refractivity (Wildman–Crippen MR) is 90.9 cm³/mol. The number of carbonyl (C=O) groups is 2. The van der Waals surface area contributed by atoms with E-state index < -0.39 is 0 Å². The van der Waals surface area contributed by atoms with Crippen LogP contribution < -0.4 is 0 Å². The normalized spacial score (nSPS) is 16.7. The summed E-state index contributed by atoms with van der Waals surface area (Å²) < 4.78 is 1.97. The summed E-state index contributed by atoms with van der Waals surface area (Å²) in [6.07, 6.45) is 1.78. The monoisotopic (exact) mass is 326 g/mol. The van der Waals surface area contributed by atoms with Gasteiger partial charge in [0.2, 0.25) is 0 Å². The molecule has 0 bridgehead atoms. The molecule has 0 saturated heterocycles. The van der Waals surface area contributed by atoms with Crippen LogP contribution in [0.5, 0.6) is 0 Å². The minimum Gasteiger partial charge on any atom is -0.343 e. The molecule has 0 N–H and O–H groups in total. The lowest BCUT2D eigenvalue weighted by Crippen LogP contribution is -2.41. The van der Waals surface area contributed by atoms with Crippen molar-refractivity contribution in [2.75, 3.05) is 20.6 Å². The second-order valence-electron chi connectivity index (χ2n) is 6.42. The first kappa shape index (κ1) is 16.2. The molecule has 24 heavy (non-hydrogen) atoms. The SMILES string of the molecule is Cc1cccc(C(=O)N2CCn3cc(C(=O)N(C)C)nc3[C@H]2C)c1. The number of imidazole rings is 1. The van der Waals surface area contributed by atoms with Crippen molar-refractivity contribution in [1.82, 2.24) is 19.4 Å². The third kappa shape index (κ3) is 2.79. The molecule has 0 aliphatic carbocycles. The summed E-state index contributed by atoms with van der Waals surface area (Å²) in [5.74, 6) is 0.633. The lowest BCUT2D eigenvalue weighted by molar-refractivity contribution is 0.0637. The number of hydrogen-bond donors (Lipinski definition) is 0. The zero-order valence-electron chi connectivity index (χ0n) is 14.5. The first-order valence-corrected chi connectivity index (χ1v) is 8.05. The van der Waals surface area contributed by atoms with E-state index in [0.717, 1.165) is 11.4 Å². The molecule has 126 valence electrons. The molecule has 0 saturated carbocycles. The smallest absolute Gasteiger partial charge is 0.273 e. The van der Waals surface area contributed by atoms with Gasteiger partial charge in [-0.25, -0.2) is 4.98 Å². The second-order valence-corrected chi connectivity index (χ2v) is 6.42. The Morgan fingerprint density at radius 2 is 2.00 bits per heavy atom. The number of nitrogens with zero attached hydrogens (tertiary/aromatic N) is 4. The molecule has 6 nitrogen and oxygen atoms in total. The Hall–Kier alpha value is -2.63. The van der Waals surface area contributed by atoms with E-state index in [0.29, 0.717) is 24.3 Å². The Morgan fingerprint density at radius 3 is 2.67 bits per heavy atom. The molecular weight excluding hydrogens is 304 g/mol. The third-order valence-corrected chi connectivity index (χ3v) is 4.38. The van der Waals surface area contributed by atoms with Gasteiger partial charge in [0.05, 0.1) is 6.04 Å². The lowest BCUT2D eigenvalue weighted by atomic mass is 10.1. The van der Waals surface area contributed by atoms with Gasteiger partial charge in [0, 0.05) is 38.9 Å². The average Bonchev–Trinajstić information content (AvgIpc) is 2.99. The van der Waals surface area contributed by atoms with Crippen molar-refractivity contribution < 1.29 is 9.59 Å². The van der Waals surface area contributed by atoms with Crippen LogP contribution in [0.25, 0.3) is 0 Å². The molecule has 0 fully saturated rings. The summed E-state index contributed by atoms with van der Waals surface area (Å²) in [6.45, 7) is 5.18. The number of benzene rings is 1. The second kappa shape index (κ2) is 6.11.